The fourth-order valence-electron chi connectivity index (χ4n) is 0. The smallest absolute Gasteiger partial charge is 0.216 e. The van der Waals surface area contributed by atoms with E-state index in [1.54, 1.807) is 7.05 Å². The van der Waals surface area contributed by atoms with Crippen LogP contribution in [0.4, 0.5) is 0 Å². The minimum absolute atomic E-state index is 0.00463. The minimum atomic E-state index is 0.00463. The van der Waals surface area contributed by atoms with Gasteiger partial charge in [-0.05, 0) is 0 Å². The molecule has 0 heterocycles. The van der Waals surface area contributed by atoms with Crippen LogP contribution in [-0.2, 0) is 4.79 Å². The van der Waals surface area contributed by atoms with Gasteiger partial charge in [0.1, 0.15) is 0 Å². The fourth-order valence-corrected chi connectivity index (χ4v) is 0. The van der Waals surface area contributed by atoms with Crippen molar-refractivity contribution in [1.82, 2.24) is 5.32 Å². The molecule has 0 aromatic heterocycles. The van der Waals surface area contributed by atoms with Gasteiger partial charge < -0.3 is 5.32 Å². The lowest BCUT2D eigenvalue weighted by Crippen LogP contribution is -2.11. The van der Waals surface area contributed by atoms with Crippen molar-refractivity contribution in [1.29, 1.82) is 0 Å². The Labute approximate surface area is 31.2 Å². The number of nitrogens with one attached hydrogen (secondary N) is 1. The molecule has 0 radical (unpaired) electrons. The number of carbonyl (C=O) groups is 1. The zero-order valence-electron chi connectivity index (χ0n) is 3.41. The van der Waals surface area contributed by atoms with Crippen LogP contribution >= 0.6 is 0 Å². The van der Waals surface area contributed by atoms with E-state index in [0.717, 1.165) is 0 Å². The summed E-state index contributed by atoms with van der Waals surface area (Å²) in [7, 11) is 1.60. The SMILES string of the molecule is C[15NH]C(C)=O. The van der Waals surface area contributed by atoms with Crippen molar-refractivity contribution in [3.63, 3.8) is 0 Å². The quantitative estimate of drug-likeness (QED) is 0.394. The molecule has 0 aliphatic carbocycles. The highest BCUT2D eigenvalue weighted by Gasteiger charge is 1.72. The van der Waals surface area contributed by atoms with Gasteiger partial charge in [-0.2, -0.15) is 0 Å². The van der Waals surface area contributed by atoms with Gasteiger partial charge in [0.25, 0.3) is 0 Å². The summed E-state index contributed by atoms with van der Waals surface area (Å²) in [6, 6.07) is 0. The van der Waals surface area contributed by atoms with Gasteiger partial charge in [0, 0.05) is 14.0 Å². The zero-order chi connectivity index (χ0) is 4.28. The Balaban J connectivity index is 2.85. The van der Waals surface area contributed by atoms with Crippen LogP contribution in [0.15, 0.2) is 0 Å². The highest BCUT2D eigenvalue weighted by molar-refractivity contribution is 5.72. The van der Waals surface area contributed by atoms with Crippen LogP contribution < -0.4 is 5.32 Å². The first-order valence-corrected chi connectivity index (χ1v) is 1.45. The van der Waals surface area contributed by atoms with Gasteiger partial charge in [-0.1, -0.05) is 0 Å². The van der Waals surface area contributed by atoms with Gasteiger partial charge in [-0.25, -0.2) is 0 Å². The van der Waals surface area contributed by atoms with Crippen LogP contribution in [0.25, 0.3) is 0 Å². The van der Waals surface area contributed by atoms with Crippen LogP contribution in [-0.4, -0.2) is 13.0 Å². The molecule has 0 aliphatic heterocycles. The molecule has 0 bridgehead atoms. The van der Waals surface area contributed by atoms with Crippen LogP contribution in [0.5, 0.6) is 0 Å². The zero-order valence-corrected chi connectivity index (χ0v) is 3.41. The molecule has 0 unspecified atom stereocenters. The second-order valence-corrected chi connectivity index (χ2v) is 0.806. The average molecular weight is 74.1 g/mol. The van der Waals surface area contributed by atoms with Crippen molar-refractivity contribution in [3.05, 3.63) is 0 Å². The summed E-state index contributed by atoms with van der Waals surface area (Å²) < 4.78 is 0. The first-order valence-electron chi connectivity index (χ1n) is 1.45. The van der Waals surface area contributed by atoms with Crippen molar-refractivity contribution >= 4 is 5.91 Å². The van der Waals surface area contributed by atoms with Gasteiger partial charge in [0.05, 0.1) is 0 Å². The number of amides is 1. The van der Waals surface area contributed by atoms with Gasteiger partial charge in [0.2, 0.25) is 5.91 Å². The van der Waals surface area contributed by atoms with E-state index < -0.39 is 0 Å². The molecular weight excluding hydrogens is 67.0 g/mol. The summed E-state index contributed by atoms with van der Waals surface area (Å²) in [5, 5.41) is 2.39. The summed E-state index contributed by atoms with van der Waals surface area (Å²) in [5.74, 6) is 0.00463. The van der Waals surface area contributed by atoms with Crippen LogP contribution in [0.3, 0.4) is 0 Å². The predicted octanol–water partition coefficient (Wildman–Crippen LogP) is -0.248. The molecule has 0 aromatic rings. The molecule has 0 aromatic carbocycles. The lowest BCUT2D eigenvalue weighted by atomic mass is 10.8. The van der Waals surface area contributed by atoms with Crippen LogP contribution in [0.1, 0.15) is 6.92 Å². The van der Waals surface area contributed by atoms with E-state index in [-0.39, 0.29) is 5.91 Å². The third-order valence-electron chi connectivity index (χ3n) is 0.352. The predicted molar refractivity (Wildman–Crippen MR) is 19.7 cm³/mol. The lowest BCUT2D eigenvalue weighted by molar-refractivity contribution is -0.118. The summed E-state index contributed by atoms with van der Waals surface area (Å²) in [6.07, 6.45) is 0. The summed E-state index contributed by atoms with van der Waals surface area (Å²) in [5.41, 5.74) is 0. The summed E-state index contributed by atoms with van der Waals surface area (Å²) in [4.78, 5) is 9.70. The van der Waals surface area contributed by atoms with Crippen molar-refractivity contribution in [2.45, 2.75) is 6.92 Å². The topological polar surface area (TPSA) is 29.1 Å². The standard InChI is InChI=1S/C3H7NO/c1-3(5)4-2/h1-2H3,(H,4,5)/i4+1. The van der Waals surface area contributed by atoms with Gasteiger partial charge >= 0.3 is 0 Å². The Kier molecular flexibility index (Phi) is 1.57. The normalized spacial score (nSPS) is 6.80. The Morgan fingerprint density at radius 1 is 1.80 bits per heavy atom. The Bertz CT molecular complexity index is 42.2. The Morgan fingerprint density at radius 3 is 2.00 bits per heavy atom. The highest BCUT2D eigenvalue weighted by Crippen LogP contribution is 1.45. The molecule has 0 fully saturated rings. The van der Waals surface area contributed by atoms with E-state index in [0.29, 0.717) is 0 Å². The van der Waals surface area contributed by atoms with Gasteiger partial charge in [-0.15, -0.1) is 0 Å². The van der Waals surface area contributed by atoms with Gasteiger partial charge in [0.15, 0.2) is 0 Å². The molecule has 5 heavy (non-hydrogen) atoms. The number of rotatable bonds is 0. The number of hydrogen-bond donors (Lipinski definition) is 1. The van der Waals surface area contributed by atoms with Crippen molar-refractivity contribution in [3.8, 4) is 0 Å². The van der Waals surface area contributed by atoms with Crippen molar-refractivity contribution in [2.24, 2.45) is 0 Å². The van der Waals surface area contributed by atoms with E-state index >= 15 is 0 Å². The Hall–Kier alpha value is -0.530. The summed E-state index contributed by atoms with van der Waals surface area (Å²) >= 11 is 0. The van der Waals surface area contributed by atoms with Gasteiger partial charge in [-0.3, -0.25) is 4.79 Å². The second-order valence-electron chi connectivity index (χ2n) is 0.806. The molecule has 1 amide bonds. The lowest BCUT2D eigenvalue weighted by Gasteiger charge is -1.80. The molecule has 0 aliphatic rings. The Morgan fingerprint density at radius 2 is 2.00 bits per heavy atom. The van der Waals surface area contributed by atoms with Crippen LogP contribution in [0.2, 0.25) is 0 Å². The van der Waals surface area contributed by atoms with E-state index in [9.17, 15) is 4.79 Å². The second kappa shape index (κ2) is 1.76. The number of hydrogen-bond acceptors (Lipinski definition) is 1. The highest BCUT2D eigenvalue weighted by atomic mass is 16.2. The number of carbonyl (C=O) groups excluding carboxylic acids is 1. The largest absolute Gasteiger partial charge is 0.359 e. The third kappa shape index (κ3) is 3.47. The molecule has 2 heteroatoms. The molecule has 1 N–H and O–H groups in total. The maximum absolute atomic E-state index is 9.70. The molecule has 0 spiro atoms. The maximum atomic E-state index is 9.70. The average Bonchev–Trinajstić information content (AvgIpc) is 1.38. The molecule has 2 nitrogen and oxygen atoms in total. The van der Waals surface area contributed by atoms with E-state index in [4.69, 9.17) is 0 Å². The minimum Gasteiger partial charge on any atom is -0.359 e. The maximum Gasteiger partial charge on any atom is 0.216 e. The monoisotopic (exact) mass is 74.0 g/mol. The fraction of sp³-hybridized carbons (Fsp3) is 0.667. The first-order chi connectivity index (χ1) is 2.27. The molecular formula is C3H7NO. The molecule has 0 saturated carbocycles. The molecule has 30 valence electrons. The van der Waals surface area contributed by atoms with E-state index in [2.05, 4.69) is 5.32 Å². The third-order valence-corrected chi connectivity index (χ3v) is 0.352. The van der Waals surface area contributed by atoms with E-state index in [1.807, 2.05) is 0 Å². The molecule has 0 rings (SSSR count). The van der Waals surface area contributed by atoms with Crippen molar-refractivity contribution < 1.29 is 4.79 Å². The summed E-state index contributed by atoms with van der Waals surface area (Å²) in [6.45, 7) is 1.47. The molecule has 0 saturated heterocycles. The first kappa shape index (κ1) is 4.47. The molecule has 0 atom stereocenters. The van der Waals surface area contributed by atoms with Crippen LogP contribution in [0, 0.1) is 0 Å². The van der Waals surface area contributed by atoms with Crippen molar-refractivity contribution in [2.75, 3.05) is 7.05 Å². The van der Waals surface area contributed by atoms with E-state index in [1.165, 1.54) is 6.92 Å².